The molecule has 0 fully saturated rings. The highest BCUT2D eigenvalue weighted by molar-refractivity contribution is 5.94. The molecule has 0 saturated carbocycles. The van der Waals surface area contributed by atoms with Crippen LogP contribution in [0.4, 0.5) is 4.39 Å². The Hall–Kier alpha value is -3.02. The molecule has 2 aromatic carbocycles. The number of amides is 1. The molecule has 0 aliphatic heterocycles. The fraction of sp³-hybridized carbons (Fsp3) is 0.286. The molecule has 0 unspecified atom stereocenters. The number of rotatable bonds is 7. The van der Waals surface area contributed by atoms with Crippen LogP contribution in [0.2, 0.25) is 0 Å². The molecule has 0 aliphatic rings. The summed E-state index contributed by atoms with van der Waals surface area (Å²) in [5.41, 5.74) is 1.35. The van der Waals surface area contributed by atoms with Crippen molar-refractivity contribution in [1.82, 2.24) is 15.0 Å². The van der Waals surface area contributed by atoms with E-state index in [-0.39, 0.29) is 17.8 Å². The van der Waals surface area contributed by atoms with E-state index in [0.29, 0.717) is 35.8 Å². The number of nitrogens with zero attached hydrogens (tertiary/aromatic N) is 3. The van der Waals surface area contributed by atoms with Crippen LogP contribution < -0.4 is 0 Å². The van der Waals surface area contributed by atoms with E-state index in [4.69, 9.17) is 4.52 Å². The van der Waals surface area contributed by atoms with Crippen LogP contribution in [-0.4, -0.2) is 33.5 Å². The van der Waals surface area contributed by atoms with Crippen molar-refractivity contribution >= 4 is 5.91 Å². The van der Waals surface area contributed by atoms with Crippen molar-refractivity contribution in [3.8, 4) is 11.4 Å². The molecule has 1 amide bonds. The van der Waals surface area contributed by atoms with Gasteiger partial charge in [0.2, 0.25) is 11.7 Å². The lowest BCUT2D eigenvalue weighted by molar-refractivity contribution is 0.0686. The van der Waals surface area contributed by atoms with Crippen molar-refractivity contribution in [2.24, 2.45) is 0 Å². The normalized spacial score (nSPS) is 12.0. The van der Waals surface area contributed by atoms with Crippen LogP contribution in [0.5, 0.6) is 0 Å². The summed E-state index contributed by atoms with van der Waals surface area (Å²) in [4.78, 5) is 19.0. The van der Waals surface area contributed by atoms with Crippen molar-refractivity contribution in [2.45, 2.75) is 32.7 Å². The molecule has 0 saturated heterocycles. The third-order valence-corrected chi connectivity index (χ3v) is 4.54. The molecule has 0 radical (unpaired) electrons. The standard InChI is InChI=1S/C21H22FN3O2/c1-3-15(2)25(21(26)17-7-5-4-6-8-17)14-13-19-23-20(24-27-19)16-9-11-18(22)12-10-16/h4-12,15H,3,13-14H2,1-2H3/t15-/m0/s1. The van der Waals surface area contributed by atoms with E-state index in [0.717, 1.165) is 6.42 Å². The quantitative estimate of drug-likeness (QED) is 0.623. The van der Waals surface area contributed by atoms with E-state index in [9.17, 15) is 9.18 Å². The zero-order valence-corrected chi connectivity index (χ0v) is 15.4. The highest BCUT2D eigenvalue weighted by atomic mass is 19.1. The molecule has 0 aliphatic carbocycles. The smallest absolute Gasteiger partial charge is 0.254 e. The number of hydrogen-bond donors (Lipinski definition) is 0. The first-order chi connectivity index (χ1) is 13.1. The van der Waals surface area contributed by atoms with Gasteiger partial charge >= 0.3 is 0 Å². The summed E-state index contributed by atoms with van der Waals surface area (Å²) in [6.07, 6.45) is 1.31. The maximum absolute atomic E-state index is 13.0. The van der Waals surface area contributed by atoms with E-state index in [1.54, 1.807) is 12.1 Å². The number of benzene rings is 2. The van der Waals surface area contributed by atoms with Gasteiger partial charge in [-0.05, 0) is 49.7 Å². The minimum atomic E-state index is -0.314. The zero-order valence-electron chi connectivity index (χ0n) is 15.4. The van der Waals surface area contributed by atoms with E-state index in [1.165, 1.54) is 12.1 Å². The Kier molecular flexibility index (Phi) is 5.96. The molecule has 27 heavy (non-hydrogen) atoms. The summed E-state index contributed by atoms with van der Waals surface area (Å²) in [7, 11) is 0. The molecule has 5 nitrogen and oxygen atoms in total. The lowest BCUT2D eigenvalue weighted by Crippen LogP contribution is -2.39. The van der Waals surface area contributed by atoms with Gasteiger partial charge in [-0.15, -0.1) is 0 Å². The van der Waals surface area contributed by atoms with Crippen molar-refractivity contribution in [3.63, 3.8) is 0 Å². The number of carbonyl (C=O) groups excluding carboxylic acids is 1. The first-order valence-corrected chi connectivity index (χ1v) is 9.03. The van der Waals surface area contributed by atoms with Gasteiger partial charge in [-0.1, -0.05) is 30.3 Å². The fourth-order valence-corrected chi connectivity index (χ4v) is 2.78. The van der Waals surface area contributed by atoms with Gasteiger partial charge in [0.1, 0.15) is 5.82 Å². The van der Waals surface area contributed by atoms with E-state index in [2.05, 4.69) is 17.1 Å². The van der Waals surface area contributed by atoms with E-state index >= 15 is 0 Å². The largest absolute Gasteiger partial charge is 0.339 e. The molecule has 0 spiro atoms. The van der Waals surface area contributed by atoms with Crippen LogP contribution in [-0.2, 0) is 6.42 Å². The fourth-order valence-electron chi connectivity index (χ4n) is 2.78. The van der Waals surface area contributed by atoms with Gasteiger partial charge in [0.05, 0.1) is 0 Å². The van der Waals surface area contributed by atoms with Crippen molar-refractivity contribution in [2.75, 3.05) is 6.54 Å². The second-order valence-electron chi connectivity index (χ2n) is 6.39. The van der Waals surface area contributed by atoms with Gasteiger partial charge in [0, 0.05) is 30.1 Å². The Morgan fingerprint density at radius 3 is 2.52 bits per heavy atom. The van der Waals surface area contributed by atoms with Gasteiger partial charge in [-0.25, -0.2) is 4.39 Å². The number of halogens is 1. The average Bonchev–Trinajstić information content (AvgIpc) is 3.18. The first-order valence-electron chi connectivity index (χ1n) is 9.03. The molecule has 1 atom stereocenters. The van der Waals surface area contributed by atoms with Gasteiger partial charge in [0.15, 0.2) is 0 Å². The molecule has 3 aromatic rings. The Balaban J connectivity index is 1.70. The van der Waals surface area contributed by atoms with E-state index < -0.39 is 0 Å². The summed E-state index contributed by atoms with van der Waals surface area (Å²) in [5.74, 6) is 0.535. The summed E-state index contributed by atoms with van der Waals surface area (Å²) < 4.78 is 18.3. The van der Waals surface area contributed by atoms with Crippen molar-refractivity contribution in [1.29, 1.82) is 0 Å². The molecule has 0 N–H and O–H groups in total. The highest BCUT2D eigenvalue weighted by Crippen LogP contribution is 2.17. The number of hydrogen-bond acceptors (Lipinski definition) is 4. The Morgan fingerprint density at radius 2 is 1.85 bits per heavy atom. The van der Waals surface area contributed by atoms with Crippen LogP contribution in [0.1, 0.15) is 36.5 Å². The minimum absolute atomic E-state index is 0.0109. The second-order valence-corrected chi connectivity index (χ2v) is 6.39. The van der Waals surface area contributed by atoms with Gasteiger partial charge < -0.3 is 9.42 Å². The molecule has 0 bridgehead atoms. The van der Waals surface area contributed by atoms with Crippen LogP contribution in [0, 0.1) is 5.82 Å². The third kappa shape index (κ3) is 4.58. The monoisotopic (exact) mass is 367 g/mol. The van der Waals surface area contributed by atoms with Crippen molar-refractivity contribution in [3.05, 3.63) is 71.9 Å². The van der Waals surface area contributed by atoms with Crippen LogP contribution in [0.25, 0.3) is 11.4 Å². The predicted octanol–water partition coefficient (Wildman–Crippen LogP) is 4.36. The van der Waals surface area contributed by atoms with E-state index in [1.807, 2.05) is 42.2 Å². The van der Waals surface area contributed by atoms with Crippen LogP contribution >= 0.6 is 0 Å². The first kappa shape index (κ1) is 18.8. The summed E-state index contributed by atoms with van der Waals surface area (Å²) in [6.45, 7) is 4.56. The second kappa shape index (κ2) is 8.58. The predicted molar refractivity (Wildman–Crippen MR) is 101 cm³/mol. The molecule has 3 rings (SSSR count). The van der Waals surface area contributed by atoms with Gasteiger partial charge in [0.25, 0.3) is 5.91 Å². The van der Waals surface area contributed by atoms with Crippen molar-refractivity contribution < 1.29 is 13.7 Å². The molecule has 1 heterocycles. The maximum atomic E-state index is 13.0. The Labute approximate surface area is 157 Å². The minimum Gasteiger partial charge on any atom is -0.339 e. The number of carbonyl (C=O) groups is 1. The molecule has 6 heteroatoms. The summed E-state index contributed by atoms with van der Waals surface area (Å²) in [5, 5.41) is 3.95. The number of aromatic nitrogens is 2. The average molecular weight is 367 g/mol. The lowest BCUT2D eigenvalue weighted by atomic mass is 10.1. The Bertz CT molecular complexity index is 878. The maximum Gasteiger partial charge on any atom is 0.254 e. The lowest BCUT2D eigenvalue weighted by Gasteiger charge is -2.28. The highest BCUT2D eigenvalue weighted by Gasteiger charge is 2.21. The zero-order chi connectivity index (χ0) is 19.2. The topological polar surface area (TPSA) is 59.2 Å². The molecular weight excluding hydrogens is 345 g/mol. The third-order valence-electron chi connectivity index (χ3n) is 4.54. The summed E-state index contributed by atoms with van der Waals surface area (Å²) >= 11 is 0. The Morgan fingerprint density at radius 1 is 1.15 bits per heavy atom. The summed E-state index contributed by atoms with van der Waals surface area (Å²) in [6, 6.07) is 15.3. The molecule has 1 aromatic heterocycles. The molecule has 140 valence electrons. The van der Waals surface area contributed by atoms with Gasteiger partial charge in [-0.2, -0.15) is 4.98 Å². The molecular formula is C21H22FN3O2. The SMILES string of the molecule is CC[C@H](C)N(CCc1nc(-c2ccc(F)cc2)no1)C(=O)c1ccccc1. The van der Waals surface area contributed by atoms with Crippen LogP contribution in [0.3, 0.4) is 0 Å². The van der Waals surface area contributed by atoms with Gasteiger partial charge in [-0.3, -0.25) is 4.79 Å². The van der Waals surface area contributed by atoms with Crippen LogP contribution in [0.15, 0.2) is 59.1 Å².